The summed E-state index contributed by atoms with van der Waals surface area (Å²) >= 11 is 1.73. The van der Waals surface area contributed by atoms with Gasteiger partial charge in [-0.25, -0.2) is 9.37 Å². The molecule has 0 aliphatic rings. The molecule has 2 aromatic rings. The maximum absolute atomic E-state index is 13.7. The van der Waals surface area contributed by atoms with Gasteiger partial charge in [0.05, 0.1) is 17.2 Å². The van der Waals surface area contributed by atoms with Gasteiger partial charge in [-0.1, -0.05) is 19.1 Å². The molecule has 0 fully saturated rings. The highest BCUT2D eigenvalue weighted by Crippen LogP contribution is 2.18. The first-order chi connectivity index (χ1) is 12.5. The van der Waals surface area contributed by atoms with E-state index in [9.17, 15) is 4.39 Å². The number of rotatable bonds is 8. The number of aliphatic imine (C=N–C) groups is 1. The number of guanidine groups is 1. The molecule has 0 aliphatic carbocycles. The van der Waals surface area contributed by atoms with Gasteiger partial charge in [0, 0.05) is 24.9 Å². The van der Waals surface area contributed by atoms with Crippen molar-refractivity contribution in [3.8, 4) is 5.75 Å². The standard InChI is InChI=1S/C19H27FN4OS.HI/c1-5-15(25-17-9-7-6-8-16(17)20)12-23-19(21-4)22-11-10-18-24-13(2)14(3)26-18;/h6-9,15H,5,10-12H2,1-4H3,(H2,21,22,23);1H. The summed E-state index contributed by atoms with van der Waals surface area (Å²) in [5.41, 5.74) is 1.10. The summed E-state index contributed by atoms with van der Waals surface area (Å²) in [6.45, 7) is 7.42. The van der Waals surface area contributed by atoms with E-state index in [2.05, 4.69) is 27.5 Å². The number of halogens is 2. The number of hydrogen-bond acceptors (Lipinski definition) is 4. The van der Waals surface area contributed by atoms with Gasteiger partial charge < -0.3 is 15.4 Å². The predicted octanol–water partition coefficient (Wildman–Crippen LogP) is 4.08. The lowest BCUT2D eigenvalue weighted by molar-refractivity contribution is 0.191. The molecule has 1 unspecified atom stereocenters. The van der Waals surface area contributed by atoms with E-state index >= 15 is 0 Å². The maximum Gasteiger partial charge on any atom is 0.191 e. The highest BCUT2D eigenvalue weighted by atomic mass is 127. The van der Waals surface area contributed by atoms with Gasteiger partial charge in [-0.2, -0.15) is 0 Å². The summed E-state index contributed by atoms with van der Waals surface area (Å²) in [7, 11) is 1.73. The summed E-state index contributed by atoms with van der Waals surface area (Å²) in [4.78, 5) is 10.0. The summed E-state index contributed by atoms with van der Waals surface area (Å²) in [6, 6.07) is 6.46. The van der Waals surface area contributed by atoms with Crippen LogP contribution in [0.1, 0.15) is 28.9 Å². The molecule has 0 radical (unpaired) electrons. The zero-order valence-corrected chi connectivity index (χ0v) is 19.4. The van der Waals surface area contributed by atoms with Gasteiger partial charge in [0.1, 0.15) is 6.10 Å². The number of aryl methyl sites for hydroxylation is 2. The number of ether oxygens (including phenoxy) is 1. The maximum atomic E-state index is 13.7. The van der Waals surface area contributed by atoms with Crippen molar-refractivity contribution < 1.29 is 9.13 Å². The largest absolute Gasteiger partial charge is 0.486 e. The number of hydrogen-bond donors (Lipinski definition) is 2. The normalized spacial score (nSPS) is 12.3. The van der Waals surface area contributed by atoms with Crippen LogP contribution in [0.4, 0.5) is 4.39 Å². The molecule has 2 rings (SSSR count). The minimum atomic E-state index is -0.345. The minimum absolute atomic E-state index is 0. The van der Waals surface area contributed by atoms with E-state index in [0.29, 0.717) is 12.5 Å². The Balaban J connectivity index is 0.00000364. The third-order valence-electron chi connectivity index (χ3n) is 4.01. The van der Waals surface area contributed by atoms with Crippen LogP contribution in [0.15, 0.2) is 29.3 Å². The molecule has 0 saturated heterocycles. The Kier molecular flexibility index (Phi) is 10.6. The minimum Gasteiger partial charge on any atom is -0.486 e. The fraction of sp³-hybridized carbons (Fsp3) is 0.474. The molecule has 0 aliphatic heterocycles. The number of thiazole rings is 1. The quantitative estimate of drug-likeness (QED) is 0.322. The zero-order valence-electron chi connectivity index (χ0n) is 16.2. The van der Waals surface area contributed by atoms with Crippen LogP contribution in [0.5, 0.6) is 5.75 Å². The SMILES string of the molecule is CCC(CNC(=NC)NCCc1nc(C)c(C)s1)Oc1ccccc1F.I. The molecule has 0 amide bonds. The van der Waals surface area contributed by atoms with Gasteiger partial charge in [0.15, 0.2) is 17.5 Å². The molecule has 1 heterocycles. The van der Waals surface area contributed by atoms with Crippen molar-refractivity contribution in [1.82, 2.24) is 15.6 Å². The number of nitrogens with one attached hydrogen (secondary N) is 2. The Labute approximate surface area is 181 Å². The van der Waals surface area contributed by atoms with E-state index in [4.69, 9.17) is 4.74 Å². The third kappa shape index (κ3) is 7.61. The van der Waals surface area contributed by atoms with Gasteiger partial charge in [-0.05, 0) is 32.4 Å². The topological polar surface area (TPSA) is 58.5 Å². The van der Waals surface area contributed by atoms with Crippen molar-refractivity contribution in [2.24, 2.45) is 4.99 Å². The van der Waals surface area contributed by atoms with Crippen molar-refractivity contribution in [3.05, 3.63) is 45.7 Å². The second-order valence-corrected chi connectivity index (χ2v) is 7.25. The zero-order chi connectivity index (χ0) is 18.9. The van der Waals surface area contributed by atoms with Gasteiger partial charge >= 0.3 is 0 Å². The molecule has 1 atom stereocenters. The van der Waals surface area contributed by atoms with Gasteiger partial charge in [-0.3, -0.25) is 4.99 Å². The second kappa shape index (κ2) is 12.1. The van der Waals surface area contributed by atoms with Crippen molar-refractivity contribution in [1.29, 1.82) is 0 Å². The van der Waals surface area contributed by atoms with Crippen LogP contribution < -0.4 is 15.4 Å². The number of aromatic nitrogens is 1. The molecule has 2 N–H and O–H groups in total. The molecular weight excluding hydrogens is 478 g/mol. The van der Waals surface area contributed by atoms with Crippen molar-refractivity contribution in [3.63, 3.8) is 0 Å². The first-order valence-electron chi connectivity index (χ1n) is 8.82. The lowest BCUT2D eigenvalue weighted by Gasteiger charge is -2.20. The van der Waals surface area contributed by atoms with Gasteiger partial charge in [0.2, 0.25) is 0 Å². The van der Waals surface area contributed by atoms with Gasteiger partial charge in [-0.15, -0.1) is 35.3 Å². The molecule has 1 aromatic heterocycles. The van der Waals surface area contributed by atoms with Gasteiger partial charge in [0.25, 0.3) is 0 Å². The third-order valence-corrected chi connectivity index (χ3v) is 5.14. The average molecular weight is 506 g/mol. The highest BCUT2D eigenvalue weighted by molar-refractivity contribution is 14.0. The number of para-hydroxylation sites is 1. The van der Waals surface area contributed by atoms with E-state index < -0.39 is 0 Å². The second-order valence-electron chi connectivity index (χ2n) is 5.96. The van der Waals surface area contributed by atoms with Crippen molar-refractivity contribution in [2.75, 3.05) is 20.1 Å². The Bertz CT molecular complexity index is 719. The molecular formula is C19H28FIN4OS. The van der Waals surface area contributed by atoms with Crippen LogP contribution in [0.3, 0.4) is 0 Å². The molecule has 27 heavy (non-hydrogen) atoms. The first-order valence-corrected chi connectivity index (χ1v) is 9.63. The number of benzene rings is 1. The molecule has 0 bridgehead atoms. The van der Waals surface area contributed by atoms with Crippen LogP contribution >= 0.6 is 35.3 Å². The van der Waals surface area contributed by atoms with Crippen molar-refractivity contribution >= 4 is 41.3 Å². The van der Waals surface area contributed by atoms with E-state index in [-0.39, 0.29) is 41.6 Å². The molecule has 0 spiro atoms. The fourth-order valence-electron chi connectivity index (χ4n) is 2.35. The molecule has 150 valence electrons. The summed E-state index contributed by atoms with van der Waals surface area (Å²) < 4.78 is 19.5. The molecule has 8 heteroatoms. The van der Waals surface area contributed by atoms with E-state index in [0.717, 1.165) is 30.1 Å². The van der Waals surface area contributed by atoms with Crippen LogP contribution in [0.25, 0.3) is 0 Å². The molecule has 1 aromatic carbocycles. The fourth-order valence-corrected chi connectivity index (χ4v) is 3.29. The smallest absolute Gasteiger partial charge is 0.191 e. The Hall–Kier alpha value is -1.42. The van der Waals surface area contributed by atoms with Crippen molar-refractivity contribution in [2.45, 2.75) is 39.7 Å². The van der Waals surface area contributed by atoms with Crippen LogP contribution in [0, 0.1) is 19.7 Å². The number of nitrogens with zero attached hydrogens (tertiary/aromatic N) is 2. The summed E-state index contributed by atoms with van der Waals surface area (Å²) in [5, 5.41) is 7.64. The lowest BCUT2D eigenvalue weighted by atomic mass is 10.2. The molecule has 0 saturated carbocycles. The average Bonchev–Trinajstić information content (AvgIpc) is 2.96. The summed E-state index contributed by atoms with van der Waals surface area (Å²) in [6.07, 6.45) is 1.47. The monoisotopic (exact) mass is 506 g/mol. The van der Waals surface area contributed by atoms with E-state index in [1.54, 1.807) is 36.6 Å². The summed E-state index contributed by atoms with van der Waals surface area (Å²) in [5.74, 6) is 0.631. The van der Waals surface area contributed by atoms with E-state index in [1.165, 1.54) is 10.9 Å². The van der Waals surface area contributed by atoms with Crippen LogP contribution in [-0.2, 0) is 6.42 Å². The predicted molar refractivity (Wildman–Crippen MR) is 121 cm³/mol. The Morgan fingerprint density at radius 3 is 2.63 bits per heavy atom. The van der Waals surface area contributed by atoms with Crippen LogP contribution in [0.2, 0.25) is 0 Å². The van der Waals surface area contributed by atoms with Crippen LogP contribution in [-0.4, -0.2) is 37.2 Å². The van der Waals surface area contributed by atoms with E-state index in [1.807, 2.05) is 13.8 Å². The Morgan fingerprint density at radius 1 is 1.30 bits per heavy atom. The lowest BCUT2D eigenvalue weighted by Crippen LogP contribution is -2.43. The first kappa shape index (κ1) is 23.6. The highest BCUT2D eigenvalue weighted by Gasteiger charge is 2.12. The molecule has 5 nitrogen and oxygen atoms in total. The Morgan fingerprint density at radius 2 is 2.04 bits per heavy atom.